The van der Waals surface area contributed by atoms with Gasteiger partial charge in [0.15, 0.2) is 17.5 Å². The molecule has 0 amide bonds. The number of ether oxygens (including phenoxy) is 1. The molecule has 8 aromatic carbocycles. The molecule has 12 rings (SSSR count). The number of benzene rings is 8. The van der Waals surface area contributed by atoms with E-state index in [4.69, 9.17) is 19.7 Å². The van der Waals surface area contributed by atoms with Gasteiger partial charge >= 0.3 is 0 Å². The summed E-state index contributed by atoms with van der Waals surface area (Å²) in [5.74, 6) is 2.68. The SMILES string of the molecule is C1=CC2Oc3ccc(-n4c5ccccc5c5cc(-c6ccccc6)c6ccccc6c54)cc3C2C(c2nc(-c3ccccc3)nc(-c3ccc4ccccc4c3)n2)=C1. The summed E-state index contributed by atoms with van der Waals surface area (Å²) in [6.45, 7) is 0. The van der Waals surface area contributed by atoms with E-state index >= 15 is 0 Å². The lowest BCUT2D eigenvalue weighted by Gasteiger charge is -2.22. The fraction of sp³-hybridized carbons (Fsp3) is 0.0377. The van der Waals surface area contributed by atoms with Crippen LogP contribution in [0.5, 0.6) is 5.75 Å². The number of nitrogens with zero attached hydrogens (tertiary/aromatic N) is 4. The van der Waals surface area contributed by atoms with Crippen molar-refractivity contribution in [1.82, 2.24) is 19.5 Å². The quantitative estimate of drug-likeness (QED) is 0.176. The molecule has 0 fully saturated rings. The molecule has 0 bridgehead atoms. The van der Waals surface area contributed by atoms with E-state index < -0.39 is 0 Å². The summed E-state index contributed by atoms with van der Waals surface area (Å²) in [5, 5.41) is 7.20. The van der Waals surface area contributed by atoms with Crippen LogP contribution in [0.1, 0.15) is 17.3 Å². The highest BCUT2D eigenvalue weighted by Gasteiger charge is 2.39. The first kappa shape index (κ1) is 32.6. The van der Waals surface area contributed by atoms with Crippen LogP contribution in [0.3, 0.4) is 0 Å². The number of aromatic nitrogens is 4. The molecule has 2 aliphatic rings. The molecule has 0 saturated heterocycles. The van der Waals surface area contributed by atoms with Crippen LogP contribution in [0, 0.1) is 0 Å². The Bertz CT molecular complexity index is 3330. The lowest BCUT2D eigenvalue weighted by Crippen LogP contribution is -2.21. The Morgan fingerprint density at radius 2 is 1.16 bits per heavy atom. The molecular formula is C53H34N4O. The van der Waals surface area contributed by atoms with Gasteiger partial charge in [0.25, 0.3) is 0 Å². The normalized spacial score (nSPS) is 15.8. The largest absolute Gasteiger partial charge is 0.485 e. The maximum Gasteiger partial charge on any atom is 0.164 e. The molecule has 5 heteroatoms. The lowest BCUT2D eigenvalue weighted by atomic mass is 9.84. The molecule has 0 N–H and O–H groups in total. The van der Waals surface area contributed by atoms with Gasteiger partial charge in [-0.3, -0.25) is 0 Å². The van der Waals surface area contributed by atoms with Crippen LogP contribution >= 0.6 is 0 Å². The summed E-state index contributed by atoms with van der Waals surface area (Å²) in [6, 6.07) is 62.3. The molecule has 0 spiro atoms. The van der Waals surface area contributed by atoms with E-state index in [-0.39, 0.29) is 12.0 Å². The minimum absolute atomic E-state index is 0.120. The molecule has 5 nitrogen and oxygen atoms in total. The van der Waals surface area contributed by atoms with E-state index in [2.05, 4.69) is 181 Å². The van der Waals surface area contributed by atoms with Crippen molar-refractivity contribution in [3.05, 3.63) is 206 Å². The van der Waals surface area contributed by atoms with Crippen molar-refractivity contribution in [2.45, 2.75) is 12.0 Å². The zero-order valence-electron chi connectivity index (χ0n) is 31.3. The molecule has 2 unspecified atom stereocenters. The fourth-order valence-electron chi connectivity index (χ4n) is 9.12. The van der Waals surface area contributed by atoms with Crippen LogP contribution < -0.4 is 4.74 Å². The predicted octanol–water partition coefficient (Wildman–Crippen LogP) is 12.8. The fourth-order valence-corrected chi connectivity index (χ4v) is 9.12. The van der Waals surface area contributed by atoms with Crippen molar-refractivity contribution in [3.8, 4) is 45.3 Å². The highest BCUT2D eigenvalue weighted by molar-refractivity contribution is 6.22. The van der Waals surface area contributed by atoms with Gasteiger partial charge in [0.2, 0.25) is 0 Å². The number of hydrogen-bond acceptors (Lipinski definition) is 4. The third-order valence-corrected chi connectivity index (χ3v) is 11.8. The van der Waals surface area contributed by atoms with Gasteiger partial charge < -0.3 is 9.30 Å². The van der Waals surface area contributed by atoms with Crippen LogP contribution in [0.2, 0.25) is 0 Å². The summed E-state index contributed by atoms with van der Waals surface area (Å²) in [4.78, 5) is 15.5. The van der Waals surface area contributed by atoms with Crippen molar-refractivity contribution in [2.24, 2.45) is 0 Å². The molecule has 1 aliphatic heterocycles. The Hall–Kier alpha value is -7.63. The highest BCUT2D eigenvalue weighted by atomic mass is 16.5. The van der Waals surface area contributed by atoms with E-state index in [1.807, 2.05) is 18.2 Å². The first-order chi connectivity index (χ1) is 28.7. The Morgan fingerprint density at radius 3 is 1.98 bits per heavy atom. The smallest absolute Gasteiger partial charge is 0.164 e. The summed E-state index contributed by atoms with van der Waals surface area (Å²) in [5.41, 5.74) is 9.88. The molecule has 2 aromatic heterocycles. The number of para-hydroxylation sites is 1. The highest BCUT2D eigenvalue weighted by Crippen LogP contribution is 2.49. The van der Waals surface area contributed by atoms with Gasteiger partial charge in [0, 0.05) is 44.1 Å². The van der Waals surface area contributed by atoms with Crippen LogP contribution in [0.25, 0.3) is 88.5 Å². The Morgan fingerprint density at radius 1 is 0.483 bits per heavy atom. The predicted molar refractivity (Wildman–Crippen MR) is 236 cm³/mol. The molecule has 3 heterocycles. The van der Waals surface area contributed by atoms with Gasteiger partial charge in [-0.2, -0.15) is 0 Å². The first-order valence-corrected chi connectivity index (χ1v) is 19.8. The molecule has 2 atom stereocenters. The van der Waals surface area contributed by atoms with E-state index in [0.717, 1.165) is 44.6 Å². The lowest BCUT2D eigenvalue weighted by molar-refractivity contribution is 0.271. The second-order valence-corrected chi connectivity index (χ2v) is 15.1. The molecular weight excluding hydrogens is 709 g/mol. The average molecular weight is 743 g/mol. The summed E-state index contributed by atoms with van der Waals surface area (Å²) in [6.07, 6.45) is 6.18. The standard InChI is InChI=1S/C53H34N4O/c1-3-15-34(16-4-1)43-32-44-40-21-11-12-24-46(40)57(50(44)41-22-10-9-20-39(41)43)38-28-29-47-45(31-38)49-42(23-13-25-48(49)58-47)53-55-51(35-17-5-2-6-18-35)54-52(56-53)37-27-26-33-14-7-8-19-36(33)30-37/h1-32,48-49H. The maximum atomic E-state index is 6.71. The van der Waals surface area contributed by atoms with Gasteiger partial charge in [0.05, 0.1) is 17.0 Å². The van der Waals surface area contributed by atoms with Crippen molar-refractivity contribution >= 4 is 48.9 Å². The first-order valence-electron chi connectivity index (χ1n) is 19.8. The number of hydrogen-bond donors (Lipinski definition) is 0. The van der Waals surface area contributed by atoms with E-state index in [1.54, 1.807) is 0 Å². The maximum absolute atomic E-state index is 6.71. The Kier molecular flexibility index (Phi) is 7.29. The van der Waals surface area contributed by atoms with E-state index in [9.17, 15) is 0 Å². The zero-order chi connectivity index (χ0) is 38.2. The van der Waals surface area contributed by atoms with E-state index in [1.165, 1.54) is 43.6 Å². The van der Waals surface area contributed by atoms with Gasteiger partial charge in [-0.1, -0.05) is 152 Å². The van der Waals surface area contributed by atoms with Gasteiger partial charge in [-0.15, -0.1) is 0 Å². The number of rotatable bonds is 5. The molecule has 272 valence electrons. The monoisotopic (exact) mass is 742 g/mol. The van der Waals surface area contributed by atoms with Crippen molar-refractivity contribution in [1.29, 1.82) is 0 Å². The van der Waals surface area contributed by atoms with Crippen LogP contribution in [-0.2, 0) is 0 Å². The Labute approximate surface area is 334 Å². The van der Waals surface area contributed by atoms with Crippen LogP contribution in [0.4, 0.5) is 0 Å². The van der Waals surface area contributed by atoms with Gasteiger partial charge in [0.1, 0.15) is 11.9 Å². The number of fused-ring (bicyclic) bond motifs is 9. The third-order valence-electron chi connectivity index (χ3n) is 11.8. The summed E-state index contributed by atoms with van der Waals surface area (Å²) in [7, 11) is 0. The minimum Gasteiger partial charge on any atom is -0.485 e. The van der Waals surface area contributed by atoms with Crippen LogP contribution in [-0.4, -0.2) is 25.6 Å². The minimum atomic E-state index is -0.196. The van der Waals surface area contributed by atoms with E-state index in [0.29, 0.717) is 17.5 Å². The Balaban J connectivity index is 1.04. The topological polar surface area (TPSA) is 52.8 Å². The second-order valence-electron chi connectivity index (χ2n) is 15.1. The van der Waals surface area contributed by atoms with Crippen LogP contribution in [0.15, 0.2) is 194 Å². The van der Waals surface area contributed by atoms with Crippen molar-refractivity contribution in [2.75, 3.05) is 0 Å². The zero-order valence-corrected chi connectivity index (χ0v) is 31.3. The number of allylic oxidation sites excluding steroid dienone is 2. The second kappa shape index (κ2) is 13.0. The molecule has 0 saturated carbocycles. The van der Waals surface area contributed by atoms with Crippen molar-refractivity contribution < 1.29 is 4.74 Å². The molecule has 0 radical (unpaired) electrons. The molecule has 58 heavy (non-hydrogen) atoms. The summed E-state index contributed by atoms with van der Waals surface area (Å²) >= 11 is 0. The molecule has 1 aliphatic carbocycles. The van der Waals surface area contributed by atoms with Crippen molar-refractivity contribution in [3.63, 3.8) is 0 Å². The third kappa shape index (κ3) is 5.14. The summed E-state index contributed by atoms with van der Waals surface area (Å²) < 4.78 is 9.15. The van der Waals surface area contributed by atoms with Gasteiger partial charge in [-0.25, -0.2) is 15.0 Å². The average Bonchev–Trinajstić information content (AvgIpc) is 3.84. The molecule has 10 aromatic rings. The van der Waals surface area contributed by atoms with Gasteiger partial charge in [-0.05, 0) is 69.8 Å².